The summed E-state index contributed by atoms with van der Waals surface area (Å²) in [5, 5.41) is 8.45. The highest BCUT2D eigenvalue weighted by Crippen LogP contribution is 2.28. The van der Waals surface area contributed by atoms with Gasteiger partial charge in [-0.1, -0.05) is 0 Å². The molecule has 74 valence electrons. The molecular formula is C10H11NO2S. The first kappa shape index (κ1) is 10.7. The molecule has 0 spiro atoms. The van der Waals surface area contributed by atoms with E-state index < -0.39 is 0 Å². The number of nitrogens with zero attached hydrogens (tertiary/aromatic N) is 1. The Labute approximate surface area is 87.6 Å². The van der Waals surface area contributed by atoms with Gasteiger partial charge in [-0.25, -0.2) is 0 Å². The van der Waals surface area contributed by atoms with Crippen LogP contribution >= 0.6 is 11.8 Å². The Morgan fingerprint density at radius 2 is 1.79 bits per heavy atom. The van der Waals surface area contributed by atoms with Crippen LogP contribution in [0.3, 0.4) is 0 Å². The normalized spacial score (nSPS) is 9.21. The van der Waals surface area contributed by atoms with Crippen LogP contribution in [0.15, 0.2) is 23.1 Å². The molecule has 0 heterocycles. The zero-order valence-electron chi connectivity index (χ0n) is 8.11. The lowest BCUT2D eigenvalue weighted by molar-refractivity contribution is 0.392. The molecular weight excluding hydrogens is 198 g/mol. The fourth-order valence-corrected chi connectivity index (χ4v) is 1.61. The summed E-state index contributed by atoms with van der Waals surface area (Å²) >= 11 is 1.46. The van der Waals surface area contributed by atoms with Gasteiger partial charge in [-0.15, -0.1) is 11.8 Å². The third-order valence-corrected chi connectivity index (χ3v) is 2.47. The number of hydrogen-bond acceptors (Lipinski definition) is 4. The molecule has 0 aliphatic carbocycles. The monoisotopic (exact) mass is 209 g/mol. The van der Waals surface area contributed by atoms with E-state index in [4.69, 9.17) is 14.7 Å². The van der Waals surface area contributed by atoms with Crippen LogP contribution in [-0.4, -0.2) is 20.0 Å². The Bertz CT molecular complexity index is 324. The fraction of sp³-hybridized carbons (Fsp3) is 0.300. The number of thioether (sulfide) groups is 1. The van der Waals surface area contributed by atoms with Gasteiger partial charge in [0.2, 0.25) is 0 Å². The Hall–Kier alpha value is -1.34. The molecule has 0 saturated heterocycles. The van der Waals surface area contributed by atoms with Crippen LogP contribution in [0.1, 0.15) is 0 Å². The van der Waals surface area contributed by atoms with Crippen LogP contribution in [0.2, 0.25) is 0 Å². The molecule has 0 atom stereocenters. The second kappa shape index (κ2) is 5.40. The summed E-state index contributed by atoms with van der Waals surface area (Å²) in [7, 11) is 3.21. The SMILES string of the molecule is COc1cc(OC)cc(SCC#N)c1. The van der Waals surface area contributed by atoms with Gasteiger partial charge < -0.3 is 9.47 Å². The van der Waals surface area contributed by atoms with Crippen molar-refractivity contribution in [2.24, 2.45) is 0 Å². The van der Waals surface area contributed by atoms with E-state index in [0.29, 0.717) is 5.75 Å². The maximum Gasteiger partial charge on any atom is 0.123 e. The van der Waals surface area contributed by atoms with Crippen molar-refractivity contribution in [3.63, 3.8) is 0 Å². The summed E-state index contributed by atoms with van der Waals surface area (Å²) in [6.45, 7) is 0. The van der Waals surface area contributed by atoms with Crippen molar-refractivity contribution in [3.05, 3.63) is 18.2 Å². The first-order valence-corrected chi connectivity index (χ1v) is 5.01. The molecule has 1 rings (SSSR count). The van der Waals surface area contributed by atoms with Gasteiger partial charge in [0.25, 0.3) is 0 Å². The van der Waals surface area contributed by atoms with E-state index in [9.17, 15) is 0 Å². The minimum atomic E-state index is 0.427. The van der Waals surface area contributed by atoms with Crippen molar-refractivity contribution >= 4 is 11.8 Å². The number of benzene rings is 1. The maximum atomic E-state index is 8.45. The predicted molar refractivity (Wildman–Crippen MR) is 55.9 cm³/mol. The molecule has 0 aliphatic heterocycles. The van der Waals surface area contributed by atoms with Gasteiger partial charge in [0.05, 0.1) is 26.0 Å². The fourth-order valence-electron chi connectivity index (χ4n) is 0.980. The largest absolute Gasteiger partial charge is 0.497 e. The molecule has 3 nitrogen and oxygen atoms in total. The minimum Gasteiger partial charge on any atom is -0.497 e. The van der Waals surface area contributed by atoms with Gasteiger partial charge in [-0.2, -0.15) is 5.26 Å². The molecule has 0 aromatic heterocycles. The molecule has 0 fully saturated rings. The van der Waals surface area contributed by atoms with Crippen LogP contribution < -0.4 is 9.47 Å². The highest BCUT2D eigenvalue weighted by molar-refractivity contribution is 7.99. The molecule has 1 aromatic rings. The van der Waals surface area contributed by atoms with Gasteiger partial charge in [0, 0.05) is 11.0 Å². The number of methoxy groups -OCH3 is 2. The van der Waals surface area contributed by atoms with Gasteiger partial charge >= 0.3 is 0 Å². The average Bonchev–Trinajstić information content (AvgIpc) is 2.25. The number of hydrogen-bond donors (Lipinski definition) is 0. The van der Waals surface area contributed by atoms with Gasteiger partial charge in [0.1, 0.15) is 11.5 Å². The second-order valence-corrected chi connectivity index (χ2v) is 3.54. The van der Waals surface area contributed by atoms with Crippen LogP contribution in [-0.2, 0) is 0 Å². The molecule has 14 heavy (non-hydrogen) atoms. The summed E-state index contributed by atoms with van der Waals surface area (Å²) in [6.07, 6.45) is 0. The van der Waals surface area contributed by atoms with E-state index in [0.717, 1.165) is 16.4 Å². The summed E-state index contributed by atoms with van der Waals surface area (Å²) in [5.74, 6) is 1.91. The van der Waals surface area contributed by atoms with Crippen molar-refractivity contribution in [2.75, 3.05) is 20.0 Å². The van der Waals surface area contributed by atoms with E-state index in [-0.39, 0.29) is 0 Å². The van der Waals surface area contributed by atoms with Crippen molar-refractivity contribution in [2.45, 2.75) is 4.90 Å². The van der Waals surface area contributed by atoms with E-state index in [1.807, 2.05) is 12.1 Å². The van der Waals surface area contributed by atoms with Gasteiger partial charge in [-0.05, 0) is 12.1 Å². The summed E-state index contributed by atoms with van der Waals surface area (Å²) in [5.41, 5.74) is 0. The summed E-state index contributed by atoms with van der Waals surface area (Å²) < 4.78 is 10.2. The van der Waals surface area contributed by atoms with Crippen LogP contribution in [0.4, 0.5) is 0 Å². The van der Waals surface area contributed by atoms with E-state index in [1.54, 1.807) is 20.3 Å². The highest BCUT2D eigenvalue weighted by Gasteiger charge is 2.01. The molecule has 0 amide bonds. The minimum absolute atomic E-state index is 0.427. The van der Waals surface area contributed by atoms with Crippen LogP contribution in [0, 0.1) is 11.3 Å². The third kappa shape index (κ3) is 2.86. The number of nitriles is 1. The van der Waals surface area contributed by atoms with Gasteiger partial charge in [-0.3, -0.25) is 0 Å². The third-order valence-electron chi connectivity index (χ3n) is 1.63. The van der Waals surface area contributed by atoms with Crippen molar-refractivity contribution < 1.29 is 9.47 Å². The van der Waals surface area contributed by atoms with Gasteiger partial charge in [0.15, 0.2) is 0 Å². The smallest absolute Gasteiger partial charge is 0.123 e. The molecule has 0 saturated carbocycles. The van der Waals surface area contributed by atoms with E-state index >= 15 is 0 Å². The molecule has 4 heteroatoms. The molecule has 0 aliphatic rings. The quantitative estimate of drug-likeness (QED) is 0.714. The molecule has 1 aromatic carbocycles. The number of rotatable bonds is 4. The Kier molecular flexibility index (Phi) is 4.14. The first-order chi connectivity index (χ1) is 6.80. The molecule has 0 N–H and O–H groups in total. The Morgan fingerprint density at radius 3 is 2.21 bits per heavy atom. The summed E-state index contributed by atoms with van der Waals surface area (Å²) in [4.78, 5) is 0.975. The lowest BCUT2D eigenvalue weighted by atomic mass is 10.3. The standard InChI is InChI=1S/C10H11NO2S/c1-12-8-5-9(13-2)7-10(6-8)14-4-3-11/h5-7H,4H2,1-2H3. The zero-order chi connectivity index (χ0) is 10.4. The topological polar surface area (TPSA) is 42.2 Å². The summed E-state index contributed by atoms with van der Waals surface area (Å²) in [6, 6.07) is 7.63. The van der Waals surface area contributed by atoms with Crippen molar-refractivity contribution in [3.8, 4) is 17.6 Å². The average molecular weight is 209 g/mol. The molecule has 0 radical (unpaired) electrons. The highest BCUT2D eigenvalue weighted by atomic mass is 32.2. The second-order valence-electron chi connectivity index (χ2n) is 2.50. The number of ether oxygens (including phenoxy) is 2. The zero-order valence-corrected chi connectivity index (χ0v) is 8.93. The lowest BCUT2D eigenvalue weighted by Gasteiger charge is -2.06. The molecule has 0 unspecified atom stereocenters. The maximum absolute atomic E-state index is 8.45. The Morgan fingerprint density at radius 1 is 1.21 bits per heavy atom. The van der Waals surface area contributed by atoms with Crippen molar-refractivity contribution in [1.82, 2.24) is 0 Å². The lowest BCUT2D eigenvalue weighted by Crippen LogP contribution is -1.88. The molecule has 0 bridgehead atoms. The van der Waals surface area contributed by atoms with Crippen LogP contribution in [0.5, 0.6) is 11.5 Å². The first-order valence-electron chi connectivity index (χ1n) is 4.03. The van der Waals surface area contributed by atoms with Crippen molar-refractivity contribution in [1.29, 1.82) is 5.26 Å². The Balaban J connectivity index is 2.87. The van der Waals surface area contributed by atoms with Crippen LogP contribution in [0.25, 0.3) is 0 Å². The van der Waals surface area contributed by atoms with E-state index in [2.05, 4.69) is 6.07 Å². The predicted octanol–water partition coefficient (Wildman–Crippen LogP) is 2.32. The van der Waals surface area contributed by atoms with E-state index in [1.165, 1.54) is 11.8 Å².